The van der Waals surface area contributed by atoms with Crippen molar-refractivity contribution in [3.63, 3.8) is 0 Å². The minimum atomic E-state index is -1.28. The van der Waals surface area contributed by atoms with E-state index in [1.54, 1.807) is 0 Å². The van der Waals surface area contributed by atoms with E-state index in [4.69, 9.17) is 5.11 Å². The van der Waals surface area contributed by atoms with Crippen LogP contribution >= 0.6 is 0 Å². The first-order valence-electron chi connectivity index (χ1n) is 6.99. The van der Waals surface area contributed by atoms with Crippen LogP contribution in [0, 0.1) is 5.82 Å². The molecule has 0 radical (unpaired) electrons. The summed E-state index contributed by atoms with van der Waals surface area (Å²) in [4.78, 5) is 34.1. The fourth-order valence-electron chi connectivity index (χ4n) is 2.10. The van der Waals surface area contributed by atoms with E-state index in [9.17, 15) is 23.9 Å². The van der Waals surface area contributed by atoms with Crippen molar-refractivity contribution < 1.29 is 29.0 Å². The minimum Gasteiger partial charge on any atom is -0.480 e. The average molecular weight is 331 g/mol. The van der Waals surface area contributed by atoms with Crippen molar-refractivity contribution in [2.75, 3.05) is 0 Å². The molecule has 0 saturated heterocycles. The standard InChI is InChI=1S/C17H14FNO5/c18-13-4-2-1-3-12(13)15(20)19-14(17(23)24)9-10-5-7-11(8-6-10)16(21)22/h1-8,14H,9H2,(H,19,20)(H,21,22)(H,23,24)/t14-/m0/s1. The second-order valence-electron chi connectivity index (χ2n) is 5.05. The van der Waals surface area contributed by atoms with Crippen LogP contribution in [0.4, 0.5) is 4.39 Å². The Labute approximate surface area is 136 Å². The molecule has 24 heavy (non-hydrogen) atoms. The first-order valence-corrected chi connectivity index (χ1v) is 6.99. The zero-order valence-electron chi connectivity index (χ0n) is 12.4. The highest BCUT2D eigenvalue weighted by atomic mass is 19.1. The van der Waals surface area contributed by atoms with Gasteiger partial charge in [0.05, 0.1) is 11.1 Å². The molecule has 7 heteroatoms. The summed E-state index contributed by atoms with van der Waals surface area (Å²) >= 11 is 0. The second-order valence-corrected chi connectivity index (χ2v) is 5.05. The normalized spacial score (nSPS) is 11.5. The number of carboxylic acids is 2. The van der Waals surface area contributed by atoms with Gasteiger partial charge in [0.15, 0.2) is 0 Å². The lowest BCUT2D eigenvalue weighted by atomic mass is 10.0. The first-order chi connectivity index (χ1) is 11.4. The van der Waals surface area contributed by atoms with E-state index in [0.29, 0.717) is 5.56 Å². The van der Waals surface area contributed by atoms with E-state index in [0.717, 1.165) is 6.07 Å². The summed E-state index contributed by atoms with van der Waals surface area (Å²) in [6.07, 6.45) is -0.0601. The van der Waals surface area contributed by atoms with Gasteiger partial charge in [-0.3, -0.25) is 4.79 Å². The Kier molecular flexibility index (Phi) is 5.26. The van der Waals surface area contributed by atoms with Gasteiger partial charge in [0.1, 0.15) is 11.9 Å². The molecule has 0 unspecified atom stereocenters. The maximum Gasteiger partial charge on any atom is 0.335 e. The molecule has 1 atom stereocenters. The van der Waals surface area contributed by atoms with Crippen molar-refractivity contribution in [2.45, 2.75) is 12.5 Å². The zero-order chi connectivity index (χ0) is 17.7. The lowest BCUT2D eigenvalue weighted by Crippen LogP contribution is -2.42. The highest BCUT2D eigenvalue weighted by molar-refractivity contribution is 5.96. The third-order valence-electron chi connectivity index (χ3n) is 3.36. The Morgan fingerprint density at radius 3 is 2.17 bits per heavy atom. The first kappa shape index (κ1) is 17.1. The number of carbonyl (C=O) groups is 3. The molecule has 0 aliphatic heterocycles. The summed E-state index contributed by atoms with van der Waals surface area (Å²) in [5, 5.41) is 20.3. The van der Waals surface area contributed by atoms with Gasteiger partial charge in [-0.2, -0.15) is 0 Å². The second kappa shape index (κ2) is 7.36. The van der Waals surface area contributed by atoms with Gasteiger partial charge >= 0.3 is 11.9 Å². The number of hydrogen-bond acceptors (Lipinski definition) is 3. The van der Waals surface area contributed by atoms with Gasteiger partial charge in [-0.15, -0.1) is 0 Å². The van der Waals surface area contributed by atoms with E-state index in [2.05, 4.69) is 5.32 Å². The highest BCUT2D eigenvalue weighted by Gasteiger charge is 2.22. The summed E-state index contributed by atoms with van der Waals surface area (Å²) in [5.41, 5.74) is 0.354. The van der Waals surface area contributed by atoms with E-state index in [-0.39, 0.29) is 17.5 Å². The number of hydrogen-bond donors (Lipinski definition) is 3. The fourth-order valence-corrected chi connectivity index (χ4v) is 2.10. The monoisotopic (exact) mass is 331 g/mol. The van der Waals surface area contributed by atoms with Gasteiger partial charge in [0, 0.05) is 6.42 Å². The quantitative estimate of drug-likeness (QED) is 0.750. The molecule has 0 aliphatic carbocycles. The number of carbonyl (C=O) groups excluding carboxylic acids is 1. The summed E-state index contributed by atoms with van der Waals surface area (Å²) in [6.45, 7) is 0. The topological polar surface area (TPSA) is 104 Å². The zero-order valence-corrected chi connectivity index (χ0v) is 12.4. The van der Waals surface area contributed by atoms with Crippen LogP contribution in [0.1, 0.15) is 26.3 Å². The van der Waals surface area contributed by atoms with Gasteiger partial charge in [-0.05, 0) is 29.8 Å². The van der Waals surface area contributed by atoms with E-state index >= 15 is 0 Å². The molecule has 2 aromatic carbocycles. The number of rotatable bonds is 6. The average Bonchev–Trinajstić information content (AvgIpc) is 2.54. The Morgan fingerprint density at radius 1 is 1.00 bits per heavy atom. The lowest BCUT2D eigenvalue weighted by molar-refractivity contribution is -0.139. The number of aliphatic carboxylic acids is 1. The van der Waals surface area contributed by atoms with Crippen LogP contribution in [0.3, 0.4) is 0 Å². The molecular formula is C17H14FNO5. The minimum absolute atomic E-state index is 0.0601. The predicted molar refractivity (Wildman–Crippen MR) is 82.4 cm³/mol. The molecule has 1 amide bonds. The van der Waals surface area contributed by atoms with E-state index in [1.165, 1.54) is 42.5 Å². The molecule has 0 heterocycles. The summed E-state index contributed by atoms with van der Waals surface area (Å²) in [5.74, 6) is -3.95. The van der Waals surface area contributed by atoms with Crippen LogP contribution in [0.5, 0.6) is 0 Å². The number of benzene rings is 2. The molecule has 0 aromatic heterocycles. The van der Waals surface area contributed by atoms with Crippen molar-refractivity contribution >= 4 is 17.8 Å². The van der Waals surface area contributed by atoms with Crippen LogP contribution < -0.4 is 5.32 Å². The van der Waals surface area contributed by atoms with Crippen molar-refractivity contribution in [3.05, 3.63) is 71.0 Å². The maximum atomic E-state index is 13.6. The van der Waals surface area contributed by atoms with Gasteiger partial charge in [-0.1, -0.05) is 24.3 Å². The molecule has 2 rings (SSSR count). The van der Waals surface area contributed by atoms with E-state index < -0.39 is 29.7 Å². The molecule has 2 aromatic rings. The Bertz CT molecular complexity index is 773. The van der Waals surface area contributed by atoms with Gasteiger partial charge in [0.25, 0.3) is 5.91 Å². The summed E-state index contributed by atoms with van der Waals surface area (Å²) in [6, 6.07) is 9.60. The SMILES string of the molecule is O=C(O)c1ccc(C[C@H](NC(=O)c2ccccc2F)C(=O)O)cc1. The Balaban J connectivity index is 2.12. The van der Waals surface area contributed by atoms with Crippen molar-refractivity contribution in [3.8, 4) is 0 Å². The Morgan fingerprint density at radius 2 is 1.62 bits per heavy atom. The number of carboxylic acid groups (broad SMARTS) is 2. The van der Waals surface area contributed by atoms with Crippen molar-refractivity contribution in [1.82, 2.24) is 5.32 Å². The molecule has 124 valence electrons. The Hall–Kier alpha value is -3.22. The molecule has 6 nitrogen and oxygen atoms in total. The van der Waals surface area contributed by atoms with Crippen LogP contribution in [-0.2, 0) is 11.2 Å². The number of nitrogens with one attached hydrogen (secondary N) is 1. The number of amides is 1. The molecule has 0 bridgehead atoms. The third kappa shape index (κ3) is 4.16. The molecular weight excluding hydrogens is 317 g/mol. The van der Waals surface area contributed by atoms with Crippen molar-refractivity contribution in [2.24, 2.45) is 0 Å². The number of aromatic carboxylic acids is 1. The molecule has 0 aliphatic rings. The van der Waals surface area contributed by atoms with Gasteiger partial charge in [-0.25, -0.2) is 14.0 Å². The summed E-state index contributed by atoms with van der Waals surface area (Å²) in [7, 11) is 0. The van der Waals surface area contributed by atoms with Gasteiger partial charge < -0.3 is 15.5 Å². The molecule has 3 N–H and O–H groups in total. The van der Waals surface area contributed by atoms with Crippen LogP contribution in [-0.4, -0.2) is 34.1 Å². The van der Waals surface area contributed by atoms with Crippen LogP contribution in [0.2, 0.25) is 0 Å². The largest absolute Gasteiger partial charge is 0.480 e. The van der Waals surface area contributed by atoms with Crippen LogP contribution in [0.15, 0.2) is 48.5 Å². The lowest BCUT2D eigenvalue weighted by Gasteiger charge is -2.15. The smallest absolute Gasteiger partial charge is 0.335 e. The fraction of sp³-hybridized carbons (Fsp3) is 0.118. The van der Waals surface area contributed by atoms with E-state index in [1.807, 2.05) is 0 Å². The number of halogens is 1. The predicted octanol–water partition coefficient (Wildman–Crippen LogP) is 1.95. The van der Waals surface area contributed by atoms with Crippen molar-refractivity contribution in [1.29, 1.82) is 0 Å². The highest BCUT2D eigenvalue weighted by Crippen LogP contribution is 2.10. The van der Waals surface area contributed by atoms with Crippen LogP contribution in [0.25, 0.3) is 0 Å². The maximum absolute atomic E-state index is 13.6. The molecule has 0 saturated carbocycles. The summed E-state index contributed by atoms with van der Waals surface area (Å²) < 4.78 is 13.6. The van der Waals surface area contributed by atoms with Gasteiger partial charge in [0.2, 0.25) is 0 Å². The molecule has 0 fully saturated rings. The molecule has 0 spiro atoms. The third-order valence-corrected chi connectivity index (χ3v) is 3.36.